The summed E-state index contributed by atoms with van der Waals surface area (Å²) in [5.74, 6) is -0.0183. The van der Waals surface area contributed by atoms with Crippen LogP contribution in [0.15, 0.2) is 70.9 Å². The van der Waals surface area contributed by atoms with E-state index in [1.165, 1.54) is 34.9 Å². The number of benzene rings is 2. The molecule has 2 saturated heterocycles. The quantitative estimate of drug-likeness (QED) is 0.0813. The number of anilines is 1. The Hall–Kier alpha value is -5.06. The molecule has 16 heteroatoms. The van der Waals surface area contributed by atoms with Gasteiger partial charge in [-0.2, -0.15) is 12.7 Å². The smallest absolute Gasteiger partial charge is 0.303 e. The maximum atomic E-state index is 12.2. The number of allylic oxidation sites excluding steroid dienone is 2. The lowest BCUT2D eigenvalue weighted by molar-refractivity contribution is -0.135. The number of methoxy groups -OCH3 is 1. The lowest BCUT2D eigenvalue weighted by Gasteiger charge is -2.25. The van der Waals surface area contributed by atoms with Crippen LogP contribution >= 0.6 is 11.3 Å². The summed E-state index contributed by atoms with van der Waals surface area (Å²) < 4.78 is 33.2. The van der Waals surface area contributed by atoms with Crippen molar-refractivity contribution in [3.05, 3.63) is 87.5 Å². The van der Waals surface area contributed by atoms with Crippen LogP contribution in [0.5, 0.6) is 5.75 Å². The van der Waals surface area contributed by atoms with E-state index in [4.69, 9.17) is 10.5 Å². The number of hydrogen-bond acceptors (Lipinski definition) is 10. The van der Waals surface area contributed by atoms with E-state index in [0.717, 1.165) is 77.4 Å². The van der Waals surface area contributed by atoms with Crippen LogP contribution in [0.4, 0.5) is 5.69 Å². The first-order valence-corrected chi connectivity index (χ1v) is 23.1. The molecule has 1 saturated carbocycles. The summed E-state index contributed by atoms with van der Waals surface area (Å²) in [6.07, 6.45) is 14.0. The van der Waals surface area contributed by atoms with Crippen LogP contribution in [0.25, 0.3) is 21.6 Å². The molecule has 60 heavy (non-hydrogen) atoms. The van der Waals surface area contributed by atoms with Crippen molar-refractivity contribution in [1.82, 2.24) is 23.9 Å². The normalized spacial score (nSPS) is 18.9. The molecule has 1 aliphatic carbocycles. The number of unbranched alkanes of at least 4 members (excludes halogenated alkanes) is 3. The second-order valence-electron chi connectivity index (χ2n) is 15.4. The number of ether oxygens (including phenoxy) is 1. The molecule has 5 N–H and O–H groups in total. The molecule has 3 fully saturated rings. The molecule has 2 aliphatic heterocycles. The van der Waals surface area contributed by atoms with Crippen molar-refractivity contribution in [2.45, 2.75) is 91.0 Å². The van der Waals surface area contributed by atoms with Crippen LogP contribution in [-0.4, -0.2) is 84.6 Å². The minimum Gasteiger partial charge on any atom is -0.496 e. The summed E-state index contributed by atoms with van der Waals surface area (Å²) in [4.78, 5) is 56.8. The van der Waals surface area contributed by atoms with Gasteiger partial charge >= 0.3 is 10.2 Å². The minimum atomic E-state index is -3.63. The van der Waals surface area contributed by atoms with Gasteiger partial charge in [-0.15, -0.1) is 11.3 Å². The summed E-state index contributed by atoms with van der Waals surface area (Å²) in [7, 11) is -2.01. The number of nitrogens with zero attached hydrogens (tertiary/aromatic N) is 3. The Labute approximate surface area is 357 Å². The summed E-state index contributed by atoms with van der Waals surface area (Å²) in [6, 6.07) is 14.3. The third-order valence-electron chi connectivity index (χ3n) is 10.8. The zero-order valence-electron chi connectivity index (χ0n) is 35.1. The van der Waals surface area contributed by atoms with Crippen molar-refractivity contribution < 1.29 is 27.5 Å². The number of amides is 3. The Morgan fingerprint density at radius 1 is 1.03 bits per heavy atom. The number of primary amides is 1. The number of thiazole rings is 1. The first kappa shape index (κ1) is 46.0. The van der Waals surface area contributed by atoms with E-state index in [1.807, 2.05) is 55.6 Å². The van der Waals surface area contributed by atoms with E-state index < -0.39 is 22.2 Å². The third-order valence-corrected chi connectivity index (χ3v) is 13.3. The van der Waals surface area contributed by atoms with E-state index >= 15 is 0 Å². The van der Waals surface area contributed by atoms with Crippen molar-refractivity contribution in [2.75, 3.05) is 38.6 Å². The van der Waals surface area contributed by atoms with Crippen LogP contribution in [-0.2, 0) is 24.6 Å². The number of carbonyl (C=O) groups is 3. The second-order valence-corrected chi connectivity index (χ2v) is 17.9. The van der Waals surface area contributed by atoms with Gasteiger partial charge < -0.3 is 25.7 Å². The highest BCUT2D eigenvalue weighted by Crippen LogP contribution is 2.40. The van der Waals surface area contributed by atoms with Crippen molar-refractivity contribution in [1.29, 1.82) is 0 Å². The molecule has 4 heterocycles. The maximum absolute atomic E-state index is 12.2. The molecule has 324 valence electrons. The Kier molecular flexibility index (Phi) is 16.9. The molecular weight excluding hydrogens is 803 g/mol. The number of para-hydroxylation sites is 1. The number of nitrogens with two attached hydrogens (primary N) is 1. The molecular formula is C44H59N7O7S2. The molecule has 2 aromatic heterocycles. The standard InChI is InChI=1S/C16H28N2O3S.C15H14N2O2S.C13H17N3O2/c1-2-3-4-5-7-10-14-13-15(14)16(19)17-22(20,21)18-11-8-6-9-12-18;1-8-7-20-15(16-8)11-6-12(18)10-4-5-13(19-3)9(2)14(10)17-11;14-13(18)11-7-4-8-16(11)12(17)9-15-10-5-2-1-3-6-10/h7,10,14-15H,2-6,8-9,11-13H2,1H3,(H,17,19);4-7H,1-3H3,(H,17,18);1-3,5-6,11,15H,4,7-9H2,(H2,14,18)/b10-7-;;/t14?,15-;;/m0../s1. The number of fused-ring (bicyclic) bond motifs is 1. The van der Waals surface area contributed by atoms with Crippen molar-refractivity contribution in [3.63, 3.8) is 0 Å². The van der Waals surface area contributed by atoms with Crippen molar-refractivity contribution in [2.24, 2.45) is 17.6 Å². The zero-order chi connectivity index (χ0) is 43.2. The number of nitrogens with one attached hydrogen (secondary N) is 3. The lowest BCUT2D eigenvalue weighted by atomic mass is 10.1. The monoisotopic (exact) mass is 861 g/mol. The van der Waals surface area contributed by atoms with Gasteiger partial charge in [0.05, 0.1) is 24.9 Å². The van der Waals surface area contributed by atoms with E-state index in [1.54, 1.807) is 24.1 Å². The number of H-pyrrole nitrogens is 1. The highest BCUT2D eigenvalue weighted by Gasteiger charge is 2.43. The number of piperidine rings is 1. The molecule has 0 bridgehead atoms. The molecule has 7 rings (SSSR count). The number of aromatic nitrogens is 2. The van der Waals surface area contributed by atoms with Crippen LogP contribution in [0.3, 0.4) is 0 Å². The summed E-state index contributed by atoms with van der Waals surface area (Å²) >= 11 is 1.52. The molecule has 2 unspecified atom stereocenters. The van der Waals surface area contributed by atoms with Crippen molar-refractivity contribution >= 4 is 55.9 Å². The largest absolute Gasteiger partial charge is 0.496 e. The van der Waals surface area contributed by atoms with Gasteiger partial charge in [-0.3, -0.25) is 19.2 Å². The maximum Gasteiger partial charge on any atom is 0.303 e. The van der Waals surface area contributed by atoms with Gasteiger partial charge in [-0.05, 0) is 89.0 Å². The Morgan fingerprint density at radius 3 is 2.45 bits per heavy atom. The molecule has 3 amide bonds. The lowest BCUT2D eigenvalue weighted by Crippen LogP contribution is -2.46. The Balaban J connectivity index is 0.000000171. The highest BCUT2D eigenvalue weighted by atomic mass is 32.2. The number of aromatic amines is 1. The Bertz CT molecular complexity index is 2270. The third kappa shape index (κ3) is 12.7. The fourth-order valence-electron chi connectivity index (χ4n) is 7.33. The fourth-order valence-corrected chi connectivity index (χ4v) is 9.38. The molecule has 2 aromatic carbocycles. The van der Waals surface area contributed by atoms with E-state index in [-0.39, 0.29) is 35.6 Å². The van der Waals surface area contributed by atoms with Crippen LogP contribution in [0.2, 0.25) is 0 Å². The van der Waals surface area contributed by atoms with Crippen LogP contribution < -0.4 is 25.9 Å². The second kappa shape index (κ2) is 22.0. The number of hydrogen-bond donors (Lipinski definition) is 4. The molecule has 3 atom stereocenters. The van der Waals surface area contributed by atoms with Gasteiger partial charge in [0.1, 0.15) is 16.8 Å². The van der Waals surface area contributed by atoms with Gasteiger partial charge in [0.2, 0.25) is 17.7 Å². The van der Waals surface area contributed by atoms with Crippen molar-refractivity contribution in [3.8, 4) is 16.5 Å². The fraction of sp³-hybridized carbons (Fsp3) is 0.477. The first-order chi connectivity index (χ1) is 28.8. The number of likely N-dealkylation sites (tertiary alicyclic amines) is 1. The Morgan fingerprint density at radius 2 is 1.78 bits per heavy atom. The first-order valence-electron chi connectivity index (χ1n) is 20.8. The number of pyridine rings is 1. The predicted octanol–water partition coefficient (Wildman–Crippen LogP) is 6.46. The van der Waals surface area contributed by atoms with Gasteiger partial charge in [0.15, 0.2) is 5.43 Å². The van der Waals surface area contributed by atoms with Gasteiger partial charge in [0, 0.05) is 59.3 Å². The number of rotatable bonds is 14. The average Bonchev–Trinajstić information content (AvgIpc) is 3.60. The van der Waals surface area contributed by atoms with E-state index in [2.05, 4.69) is 39.1 Å². The molecule has 14 nitrogen and oxygen atoms in total. The van der Waals surface area contributed by atoms with E-state index in [0.29, 0.717) is 31.4 Å². The topological polar surface area (TPSA) is 197 Å². The SMILES string of the molecule is CCCCC/C=C\C1C[C@@H]1C(=O)NS(=O)(=O)N1CCCCC1.COc1ccc2c(=O)cc(-c3nc(C)cs3)[nH]c2c1C.NC(=O)C1CCCN1C(=O)CNc1ccccc1. The minimum absolute atomic E-state index is 0.00708. The summed E-state index contributed by atoms with van der Waals surface area (Å²) in [6.45, 7) is 7.90. The van der Waals surface area contributed by atoms with Crippen LogP contribution in [0, 0.1) is 25.7 Å². The zero-order valence-corrected chi connectivity index (χ0v) is 36.7. The van der Waals surface area contributed by atoms with Gasteiger partial charge in [-0.1, -0.05) is 56.5 Å². The number of carbonyl (C=O) groups excluding carboxylic acids is 3. The molecule has 3 aliphatic rings. The van der Waals surface area contributed by atoms with Gasteiger partial charge in [-0.25, -0.2) is 9.71 Å². The summed E-state index contributed by atoms with van der Waals surface area (Å²) in [5.41, 5.74) is 9.59. The van der Waals surface area contributed by atoms with E-state index in [9.17, 15) is 27.6 Å². The summed E-state index contributed by atoms with van der Waals surface area (Å²) in [5, 5.41) is 6.50. The molecule has 0 radical (unpaired) electrons. The molecule has 0 spiro atoms. The average molecular weight is 862 g/mol. The number of aryl methyl sites for hydroxylation is 2. The predicted molar refractivity (Wildman–Crippen MR) is 238 cm³/mol. The van der Waals surface area contributed by atoms with Crippen LogP contribution in [0.1, 0.15) is 82.4 Å². The highest BCUT2D eigenvalue weighted by molar-refractivity contribution is 7.87. The van der Waals surface area contributed by atoms with Gasteiger partial charge in [0.25, 0.3) is 0 Å². The molecule has 4 aromatic rings.